The maximum atomic E-state index is 15.2. The Hall–Kier alpha value is -8.97. The number of amides is 6. The van der Waals surface area contributed by atoms with Crippen LogP contribution in [-0.4, -0.2) is 227 Å². The van der Waals surface area contributed by atoms with Crippen molar-refractivity contribution < 1.29 is 87.3 Å². The van der Waals surface area contributed by atoms with Gasteiger partial charge in [0.15, 0.2) is 18.1 Å². The number of carbonyl (C=O) groups excluding carboxylic acids is 8. The Labute approximate surface area is 616 Å². The number of primary amides is 1. The quantitative estimate of drug-likeness (QED) is 0.0318. The van der Waals surface area contributed by atoms with Gasteiger partial charge in [-0.05, 0) is 73.6 Å². The minimum atomic E-state index is -1.92. The third-order valence-electron chi connectivity index (χ3n) is 17.4. The monoisotopic (exact) mass is 1540 g/mol. The van der Waals surface area contributed by atoms with E-state index in [9.17, 15) is 39.7 Å². The van der Waals surface area contributed by atoms with Crippen molar-refractivity contribution in [3.05, 3.63) is 112 Å². The first-order chi connectivity index (χ1) is 49.6. The summed E-state index contributed by atoms with van der Waals surface area (Å²) >= 11 is 5.95. The zero-order valence-electron chi connectivity index (χ0n) is 57.0. The molecule has 550 valence electrons. The zero-order valence-corrected chi connectivity index (χ0v) is 61.9. The molecule has 0 radical (unpaired) electrons. The molecule has 1 saturated heterocycles. The Morgan fingerprint density at radius 1 is 0.856 bits per heavy atom. The summed E-state index contributed by atoms with van der Waals surface area (Å²) in [7, 11) is 8.65. The van der Waals surface area contributed by atoms with Gasteiger partial charge in [-0.3, -0.25) is 28.8 Å². The average Bonchev–Trinajstić information content (AvgIpc) is 1.57. The molecule has 1 aromatic carbocycles. The van der Waals surface area contributed by atoms with Crippen LogP contribution in [0.25, 0.3) is 49.3 Å². The van der Waals surface area contributed by atoms with Gasteiger partial charge in [0.1, 0.15) is 126 Å². The molecule has 0 aliphatic carbocycles. The molecule has 11 atom stereocenters. The van der Waals surface area contributed by atoms with Crippen LogP contribution in [0.2, 0.25) is 0 Å². The van der Waals surface area contributed by atoms with Crippen LogP contribution in [0.3, 0.4) is 0 Å². The van der Waals surface area contributed by atoms with Gasteiger partial charge in [0, 0.05) is 67.9 Å². The highest BCUT2D eigenvalue weighted by Crippen LogP contribution is 2.43. The fourth-order valence-corrected chi connectivity index (χ4v) is 17.7. The number of pyridine rings is 1. The Kier molecular flexibility index (Phi) is 22.3. The molecule has 104 heavy (non-hydrogen) atoms. The van der Waals surface area contributed by atoms with Gasteiger partial charge in [-0.2, -0.15) is 16.5 Å². The van der Waals surface area contributed by atoms with E-state index in [2.05, 4.69) is 41.5 Å². The smallest absolute Gasteiger partial charge is 0.358 e. The van der Waals surface area contributed by atoms with Crippen molar-refractivity contribution in [2.24, 2.45) is 5.73 Å². The summed E-state index contributed by atoms with van der Waals surface area (Å²) < 4.78 is 38.3. The first-order valence-electron chi connectivity index (χ1n) is 32.1. The molecule has 0 spiro atoms. The third kappa shape index (κ3) is 15.6. The van der Waals surface area contributed by atoms with Crippen molar-refractivity contribution in [1.82, 2.24) is 71.0 Å². The molecule has 1 unspecified atom stereocenters. The van der Waals surface area contributed by atoms with Gasteiger partial charge in [-0.15, -0.1) is 56.7 Å². The van der Waals surface area contributed by atoms with Crippen molar-refractivity contribution in [2.45, 2.75) is 114 Å². The predicted molar refractivity (Wildman–Crippen MR) is 381 cm³/mol. The summed E-state index contributed by atoms with van der Waals surface area (Å²) in [5.41, 5.74) is 3.00. The number of thiazole rings is 5. The molecule has 39 heteroatoms. The number of thioether (sulfide) groups is 1. The molecule has 0 saturated carbocycles. The Balaban J connectivity index is 1.01. The summed E-state index contributed by atoms with van der Waals surface area (Å²) in [6, 6.07) is -0.390. The van der Waals surface area contributed by atoms with E-state index in [1.165, 1.54) is 71.8 Å². The van der Waals surface area contributed by atoms with E-state index in [0.717, 1.165) is 56.7 Å². The number of ether oxygens (including phenoxy) is 6. The SMILES string of the molecule is CO/C(C)=C1/NC(=O)[C@H]([C@@H](C)O)NC(=O)c2csc(n2)-c2cc(O)c(-c3nc(C(=O)NC(CSCCN(C)C)C(N)=O)cs3)nc2-c2csc(n2)[C@@H]2COC(=O)c3c4c5c(cccc5n3O)COC(=O)[C@@H](O[C@H]3C[C@](C)(O)[C@H](N(C)C)[C@H](C)O3)[C@@H](OC4)[C@H](NC(=O)c3csc1n3)c1nc(cs1)C(=O)N2. The molecule has 4 aliphatic rings. The van der Waals surface area contributed by atoms with Crippen molar-refractivity contribution in [1.29, 1.82) is 0 Å². The second-order valence-corrected chi connectivity index (χ2v) is 30.8. The van der Waals surface area contributed by atoms with Crippen molar-refractivity contribution >= 4 is 132 Å². The second-order valence-electron chi connectivity index (χ2n) is 25.3. The topological polar surface area (TPSA) is 448 Å². The maximum absolute atomic E-state index is 15.2. The minimum Gasteiger partial charge on any atom is -0.506 e. The summed E-state index contributed by atoms with van der Waals surface area (Å²) in [5.74, 6) is -7.05. The Morgan fingerprint density at radius 2 is 1.53 bits per heavy atom. The van der Waals surface area contributed by atoms with E-state index >= 15 is 19.2 Å². The second kappa shape index (κ2) is 31.0. The molecular formula is C65H71N15O18S6. The highest BCUT2D eigenvalue weighted by atomic mass is 32.2. The number of rotatable bonds is 14. The van der Waals surface area contributed by atoms with Gasteiger partial charge < -0.3 is 91.1 Å². The average molecular weight is 1540 g/mol. The summed E-state index contributed by atoms with van der Waals surface area (Å²) in [4.78, 5) is 148. The van der Waals surface area contributed by atoms with Crippen LogP contribution in [-0.2, 0) is 56.0 Å². The number of nitrogens with two attached hydrogens (primary N) is 1. The number of allylic oxidation sites excluding steroid dienone is 1. The molecule has 4 aliphatic heterocycles. The third-order valence-corrected chi connectivity index (χ3v) is 22.9. The molecular weight excluding hydrogens is 1470 g/mol. The van der Waals surface area contributed by atoms with Crippen LogP contribution in [0, 0.1) is 0 Å². The van der Waals surface area contributed by atoms with Crippen molar-refractivity contribution in [3.63, 3.8) is 0 Å². The van der Waals surface area contributed by atoms with E-state index in [4.69, 9.17) is 49.1 Å². The molecule has 12 rings (SSSR count). The Bertz CT molecular complexity index is 4690. The Morgan fingerprint density at radius 3 is 2.24 bits per heavy atom. The fourth-order valence-electron chi connectivity index (χ4n) is 12.3. The predicted octanol–water partition coefficient (Wildman–Crippen LogP) is 4.04. The van der Waals surface area contributed by atoms with Crippen LogP contribution >= 0.6 is 68.4 Å². The van der Waals surface area contributed by atoms with Gasteiger partial charge in [-0.25, -0.2) is 39.5 Å². The lowest BCUT2D eigenvalue weighted by Gasteiger charge is -2.48. The van der Waals surface area contributed by atoms with Gasteiger partial charge in [0.2, 0.25) is 11.8 Å². The lowest BCUT2D eigenvalue weighted by Crippen LogP contribution is -2.62. The van der Waals surface area contributed by atoms with E-state index in [-0.39, 0.29) is 111 Å². The number of esters is 2. The molecule has 11 heterocycles. The molecule has 6 amide bonds. The molecule has 8 aromatic rings. The van der Waals surface area contributed by atoms with Crippen LogP contribution in [0.1, 0.15) is 125 Å². The van der Waals surface area contributed by atoms with Gasteiger partial charge in [-0.1, -0.05) is 12.1 Å². The molecule has 11 N–H and O–H groups in total. The van der Waals surface area contributed by atoms with Gasteiger partial charge in [0.25, 0.3) is 23.6 Å². The number of nitrogens with zero attached hydrogens (tertiary/aromatic N) is 9. The van der Waals surface area contributed by atoms with Crippen LogP contribution < -0.4 is 32.3 Å². The van der Waals surface area contributed by atoms with E-state index in [1.54, 1.807) is 45.0 Å². The number of hydrogen-bond donors (Lipinski definition) is 10. The van der Waals surface area contributed by atoms with Gasteiger partial charge in [0.05, 0.1) is 43.1 Å². The number of aromatic nitrogens is 7. The molecule has 1 fully saturated rings. The highest BCUT2D eigenvalue weighted by molar-refractivity contribution is 7.99. The van der Waals surface area contributed by atoms with E-state index in [0.29, 0.717) is 22.6 Å². The summed E-state index contributed by atoms with van der Waals surface area (Å²) in [6.07, 6.45) is -7.56. The number of cyclic esters (lactones) is 2. The van der Waals surface area contributed by atoms with Crippen molar-refractivity contribution in [3.8, 4) is 38.4 Å². The number of aliphatic hydroxyl groups excluding tert-OH is 1. The van der Waals surface area contributed by atoms with Crippen LogP contribution in [0.15, 0.2) is 56.9 Å². The van der Waals surface area contributed by atoms with Crippen LogP contribution in [0.5, 0.6) is 5.75 Å². The highest BCUT2D eigenvalue weighted by Gasteiger charge is 2.50. The molecule has 12 bridgehead atoms. The van der Waals surface area contributed by atoms with Crippen LogP contribution in [0.4, 0.5) is 0 Å². The number of aromatic hydroxyl groups is 1. The number of nitrogens with one attached hydrogen (secondary N) is 5. The molecule has 7 aromatic heterocycles. The van der Waals surface area contributed by atoms with E-state index in [1.807, 2.05) is 19.0 Å². The number of hydrogen-bond acceptors (Lipinski definition) is 32. The number of likely N-dealkylation sites (N-methyl/N-ethyl adjacent to an activating group) is 1. The summed E-state index contributed by atoms with van der Waals surface area (Å²) in [5, 5.41) is 68.3. The summed E-state index contributed by atoms with van der Waals surface area (Å²) in [6.45, 7) is 4.96. The largest absolute Gasteiger partial charge is 0.506 e. The normalized spacial score (nSPS) is 23.7. The maximum Gasteiger partial charge on any atom is 0.358 e. The standard InChI is InChI=1S/C65H71N15O18S6/c1-26(81)43-57(88)76-44(27(2)93-9)60-71-38(25-102-60)56(87)77-47-49-50(98-41-16-65(4,91)51(79(7)8)28(3)97-41)64(90)95-17-29-11-10-12-39-42(29)31(18-94-49)48(80(39)92)63(89)96-19-32(67-53(84)35-24-104-62(47)73-35)59-69-33(21-101-59)45-30(58-70-37(22-100-58)55(86)75-43)15-40(82)46(74-45)61-72-36(23-103-61)54(85)68-34(52(66)83)20-99-14-13-78(5)6/h10-12,15,21-26,28,32,34,41,43,47,49-51,81-82,91-92H,13-14,16-20H2,1-9H3,(H2,66,83)(H,67,84)(H,68,85)(H,75,86)(H,76,88)(H,77,87)/b44-27+/t26-,28+,32+,34?,41+,43+,47+,49+,50+,51-,65+/m1/s1. The number of fused-ring (bicyclic) bond motifs is 15. The number of aliphatic hydroxyl groups is 2. The number of benzene rings is 1. The first-order valence-corrected chi connectivity index (χ1v) is 37.6. The minimum absolute atomic E-state index is 0.0129. The fraction of sp³-hybridized carbons (Fsp3) is 0.415. The first kappa shape index (κ1) is 74.7. The number of methoxy groups -OCH3 is 1. The van der Waals surface area contributed by atoms with Crippen molar-refractivity contribution in [2.75, 3.05) is 60.0 Å². The lowest BCUT2D eigenvalue weighted by molar-refractivity contribution is -0.280. The molecule has 33 nitrogen and oxygen atoms in total. The number of carbonyl (C=O) groups is 8. The van der Waals surface area contributed by atoms with Gasteiger partial charge >= 0.3 is 11.9 Å². The zero-order chi connectivity index (χ0) is 74.3. The lowest BCUT2D eigenvalue weighted by atomic mass is 9.85. The van der Waals surface area contributed by atoms with E-state index < -0.39 is 145 Å².